The van der Waals surface area contributed by atoms with Crippen LogP contribution < -0.4 is 15.1 Å². The van der Waals surface area contributed by atoms with Gasteiger partial charge in [0.05, 0.1) is 34.3 Å². The van der Waals surface area contributed by atoms with E-state index in [0.717, 1.165) is 0 Å². The average Bonchev–Trinajstić information content (AvgIpc) is 3.15. The molecule has 0 aliphatic rings. The van der Waals surface area contributed by atoms with Gasteiger partial charge in [0.25, 0.3) is 5.91 Å². The molecule has 2 N–H and O–H groups in total. The number of methoxy groups -OCH3 is 1. The van der Waals surface area contributed by atoms with Gasteiger partial charge in [0.1, 0.15) is 17.4 Å². The Hall–Kier alpha value is -4.03. The van der Waals surface area contributed by atoms with Crippen LogP contribution in [0.5, 0.6) is 5.75 Å². The fraction of sp³-hybridized carbons (Fsp3) is 0.182. The van der Waals surface area contributed by atoms with Crippen LogP contribution in [-0.2, 0) is 16.9 Å². The van der Waals surface area contributed by atoms with Crippen molar-refractivity contribution < 1.29 is 23.2 Å². The number of hydrogen-bond donors (Lipinski definition) is 2. The Bertz CT molecular complexity index is 1450. The van der Waals surface area contributed by atoms with E-state index in [0.29, 0.717) is 22.5 Å². The zero-order valence-corrected chi connectivity index (χ0v) is 19.4. The van der Waals surface area contributed by atoms with Crippen molar-refractivity contribution in [2.45, 2.75) is 11.8 Å². The summed E-state index contributed by atoms with van der Waals surface area (Å²) in [4.78, 5) is 22.7. The number of ether oxygens (including phenoxy) is 1. The smallest absolute Gasteiger partial charge is 0.278 e. The highest BCUT2D eigenvalue weighted by atomic mass is 32.2. The second kappa shape index (κ2) is 9.08. The number of carbonyl (C=O) groups is 1. The maximum Gasteiger partial charge on any atom is 0.278 e. The molecule has 1 aromatic carbocycles. The highest BCUT2D eigenvalue weighted by molar-refractivity contribution is 7.91. The first-order chi connectivity index (χ1) is 16.3. The third-order valence-corrected chi connectivity index (χ3v) is 6.85. The van der Waals surface area contributed by atoms with Crippen molar-refractivity contribution in [2.75, 3.05) is 17.9 Å². The minimum absolute atomic E-state index is 0.0401. The Morgan fingerprint density at radius 3 is 2.53 bits per heavy atom. The van der Waals surface area contributed by atoms with Gasteiger partial charge in [0.2, 0.25) is 0 Å². The zero-order valence-electron chi connectivity index (χ0n) is 18.6. The van der Waals surface area contributed by atoms with E-state index >= 15 is 0 Å². The molecule has 4 rings (SSSR count). The van der Waals surface area contributed by atoms with Gasteiger partial charge in [-0.2, -0.15) is 5.10 Å². The summed E-state index contributed by atoms with van der Waals surface area (Å²) in [5, 5.41) is 14.2. The minimum Gasteiger partial charge on any atom is -0.497 e. The van der Waals surface area contributed by atoms with Crippen LogP contribution >= 0.6 is 0 Å². The number of amides is 1. The van der Waals surface area contributed by atoms with Crippen molar-refractivity contribution in [1.29, 1.82) is 0 Å². The Labute approximate surface area is 195 Å². The number of pyridine rings is 2. The second-order valence-electron chi connectivity index (χ2n) is 7.40. The topological polar surface area (TPSA) is 140 Å². The van der Waals surface area contributed by atoms with Crippen molar-refractivity contribution in [3.63, 3.8) is 0 Å². The lowest BCUT2D eigenvalue weighted by molar-refractivity contribution is 0.0707. The molecule has 34 heavy (non-hydrogen) atoms. The van der Waals surface area contributed by atoms with Crippen molar-refractivity contribution in [3.05, 3.63) is 66.1 Å². The molecule has 3 aromatic heterocycles. The SMILES string of the molecule is COc1ccc(S(=O)(=O)CN(c2ccccn2)c2c(C(=O)NO)cnc3c2c(C)nn3C)cc1. The quantitative estimate of drug-likeness (QED) is 0.300. The molecular formula is C22H22N6O5S. The summed E-state index contributed by atoms with van der Waals surface area (Å²) in [5.41, 5.74) is 2.73. The van der Waals surface area contributed by atoms with E-state index in [-0.39, 0.29) is 22.0 Å². The molecule has 12 heteroatoms. The summed E-state index contributed by atoms with van der Waals surface area (Å²) in [6.07, 6.45) is 2.78. The fourth-order valence-corrected chi connectivity index (χ4v) is 4.99. The summed E-state index contributed by atoms with van der Waals surface area (Å²) in [7, 11) is -0.733. The summed E-state index contributed by atoms with van der Waals surface area (Å²) < 4.78 is 33.6. The number of hydroxylamine groups is 1. The van der Waals surface area contributed by atoms with Crippen LogP contribution in [0.25, 0.3) is 11.0 Å². The molecule has 1 amide bonds. The Balaban J connectivity index is 1.96. The van der Waals surface area contributed by atoms with Crippen LogP contribution in [0, 0.1) is 6.92 Å². The zero-order chi connectivity index (χ0) is 24.5. The largest absolute Gasteiger partial charge is 0.497 e. The van der Waals surface area contributed by atoms with Gasteiger partial charge in [0.15, 0.2) is 15.5 Å². The van der Waals surface area contributed by atoms with E-state index < -0.39 is 21.6 Å². The molecule has 0 spiro atoms. The summed E-state index contributed by atoms with van der Waals surface area (Å²) in [5.74, 6) is -0.600. The van der Waals surface area contributed by atoms with Crippen molar-refractivity contribution in [3.8, 4) is 5.75 Å². The Kier molecular flexibility index (Phi) is 6.18. The van der Waals surface area contributed by atoms with Crippen LogP contribution in [0.4, 0.5) is 11.5 Å². The maximum atomic E-state index is 13.5. The molecule has 176 valence electrons. The predicted molar refractivity (Wildman–Crippen MR) is 124 cm³/mol. The highest BCUT2D eigenvalue weighted by Crippen LogP contribution is 2.36. The molecule has 11 nitrogen and oxygen atoms in total. The van der Waals surface area contributed by atoms with E-state index in [1.807, 2.05) is 0 Å². The number of hydrogen-bond acceptors (Lipinski definition) is 9. The molecule has 0 aliphatic heterocycles. The summed E-state index contributed by atoms with van der Waals surface area (Å²) >= 11 is 0. The highest BCUT2D eigenvalue weighted by Gasteiger charge is 2.29. The van der Waals surface area contributed by atoms with Gasteiger partial charge in [-0.25, -0.2) is 23.9 Å². The molecule has 4 aromatic rings. The van der Waals surface area contributed by atoms with Crippen LogP contribution in [0.1, 0.15) is 16.1 Å². The van der Waals surface area contributed by atoms with Gasteiger partial charge in [-0.05, 0) is 43.3 Å². The van der Waals surface area contributed by atoms with Gasteiger partial charge >= 0.3 is 0 Å². The first-order valence-electron chi connectivity index (χ1n) is 10.1. The molecule has 0 atom stereocenters. The number of aryl methyl sites for hydroxylation is 2. The second-order valence-corrected chi connectivity index (χ2v) is 9.36. The number of anilines is 2. The lowest BCUT2D eigenvalue weighted by Crippen LogP contribution is -2.30. The predicted octanol–water partition coefficient (Wildman–Crippen LogP) is 2.37. The van der Waals surface area contributed by atoms with Crippen molar-refractivity contribution in [2.24, 2.45) is 7.05 Å². The molecule has 0 radical (unpaired) electrons. The van der Waals surface area contributed by atoms with Crippen LogP contribution in [-0.4, -0.2) is 52.3 Å². The van der Waals surface area contributed by atoms with Gasteiger partial charge in [-0.1, -0.05) is 6.07 Å². The van der Waals surface area contributed by atoms with E-state index in [1.165, 1.54) is 41.2 Å². The molecular weight excluding hydrogens is 460 g/mol. The van der Waals surface area contributed by atoms with Crippen molar-refractivity contribution >= 4 is 38.3 Å². The number of nitrogens with one attached hydrogen (secondary N) is 1. The molecule has 0 saturated carbocycles. The number of carbonyl (C=O) groups excluding carboxylic acids is 1. The van der Waals surface area contributed by atoms with Crippen LogP contribution in [0.3, 0.4) is 0 Å². The van der Waals surface area contributed by atoms with Gasteiger partial charge in [-0.15, -0.1) is 0 Å². The summed E-state index contributed by atoms with van der Waals surface area (Å²) in [6, 6.07) is 11.0. The van der Waals surface area contributed by atoms with E-state index in [2.05, 4.69) is 15.1 Å². The lowest BCUT2D eigenvalue weighted by atomic mass is 10.1. The normalized spacial score (nSPS) is 11.4. The van der Waals surface area contributed by atoms with Gasteiger partial charge in [0, 0.05) is 19.4 Å². The molecule has 0 aliphatic carbocycles. The number of nitrogens with zero attached hydrogens (tertiary/aromatic N) is 5. The summed E-state index contributed by atoms with van der Waals surface area (Å²) in [6.45, 7) is 1.72. The first-order valence-corrected chi connectivity index (χ1v) is 11.7. The van der Waals surface area contributed by atoms with Crippen LogP contribution in [0.15, 0.2) is 59.8 Å². The molecule has 0 unspecified atom stereocenters. The lowest BCUT2D eigenvalue weighted by Gasteiger charge is -2.26. The van der Waals surface area contributed by atoms with Gasteiger partial charge in [-0.3, -0.25) is 14.7 Å². The third-order valence-electron chi connectivity index (χ3n) is 5.26. The van der Waals surface area contributed by atoms with Gasteiger partial charge < -0.3 is 9.64 Å². The number of rotatable bonds is 7. The van der Waals surface area contributed by atoms with E-state index in [1.54, 1.807) is 49.8 Å². The first kappa shape index (κ1) is 23.1. The number of fused-ring (bicyclic) bond motifs is 1. The monoisotopic (exact) mass is 482 g/mol. The average molecular weight is 483 g/mol. The molecule has 0 fully saturated rings. The minimum atomic E-state index is -3.92. The van der Waals surface area contributed by atoms with Crippen molar-refractivity contribution in [1.82, 2.24) is 25.2 Å². The maximum absolute atomic E-state index is 13.5. The molecule has 0 bridgehead atoms. The molecule has 3 heterocycles. The Morgan fingerprint density at radius 1 is 1.18 bits per heavy atom. The Morgan fingerprint density at radius 2 is 1.91 bits per heavy atom. The van der Waals surface area contributed by atoms with Crippen LogP contribution in [0.2, 0.25) is 0 Å². The van der Waals surface area contributed by atoms with E-state index in [9.17, 15) is 18.4 Å². The number of benzene rings is 1. The standard InChI is InChI=1S/C22H22N6O5S/c1-14-19-20(17(22(29)26-30)12-24-21(19)27(2)25-14)28(18-6-4-5-11-23-18)13-34(31,32)16-9-7-15(33-3)8-10-16/h4-12,30H,13H2,1-3H3,(H,26,29). The number of sulfone groups is 1. The van der Waals surface area contributed by atoms with E-state index in [4.69, 9.17) is 4.74 Å². The number of aromatic nitrogens is 4. The third kappa shape index (κ3) is 4.16. The fourth-order valence-electron chi connectivity index (χ4n) is 3.69. The molecule has 0 saturated heterocycles.